The zero-order chi connectivity index (χ0) is 20.1. The van der Waals surface area contributed by atoms with Crippen molar-refractivity contribution in [3.63, 3.8) is 0 Å². The summed E-state index contributed by atoms with van der Waals surface area (Å²) in [6, 6.07) is 17.1. The van der Waals surface area contributed by atoms with Gasteiger partial charge in [-0.3, -0.25) is 4.79 Å². The van der Waals surface area contributed by atoms with Gasteiger partial charge < -0.3 is 9.47 Å². The number of hydrogen-bond acceptors (Lipinski definition) is 2. The zero-order valence-corrected chi connectivity index (χ0v) is 17.6. The molecule has 0 aliphatic carbocycles. The molecule has 0 radical (unpaired) electrons. The van der Waals surface area contributed by atoms with Crippen molar-refractivity contribution in [1.82, 2.24) is 9.47 Å². The molecular formula is C26H32N2O. The van der Waals surface area contributed by atoms with Gasteiger partial charge >= 0.3 is 0 Å². The van der Waals surface area contributed by atoms with Gasteiger partial charge in [0.15, 0.2) is 5.78 Å². The van der Waals surface area contributed by atoms with Crippen molar-refractivity contribution in [2.75, 3.05) is 19.6 Å². The Labute approximate surface area is 174 Å². The number of nitrogens with zero attached hydrogens (tertiary/aromatic N) is 2. The third-order valence-electron chi connectivity index (χ3n) is 6.24. The molecule has 0 spiro atoms. The second-order valence-corrected chi connectivity index (χ2v) is 8.24. The van der Waals surface area contributed by atoms with Crippen LogP contribution in [0.1, 0.15) is 54.1 Å². The van der Waals surface area contributed by atoms with Crippen LogP contribution in [0.3, 0.4) is 0 Å². The Morgan fingerprint density at radius 2 is 1.93 bits per heavy atom. The monoisotopic (exact) mass is 388 g/mol. The molecule has 2 heterocycles. The average Bonchev–Trinajstić information content (AvgIpc) is 3.18. The first-order valence-electron chi connectivity index (χ1n) is 11.2. The van der Waals surface area contributed by atoms with Crippen molar-refractivity contribution >= 4 is 16.7 Å². The highest BCUT2D eigenvalue weighted by Gasteiger charge is 2.16. The highest BCUT2D eigenvalue weighted by molar-refractivity contribution is 6.00. The molecule has 0 saturated carbocycles. The molecule has 0 amide bonds. The van der Waals surface area contributed by atoms with Gasteiger partial charge in [-0.2, -0.15) is 0 Å². The number of unbranched alkanes of at least 4 members (excludes halogenated alkanes) is 1. The molecule has 4 rings (SSSR count). The van der Waals surface area contributed by atoms with Gasteiger partial charge in [0.2, 0.25) is 0 Å². The Morgan fingerprint density at radius 3 is 2.76 bits per heavy atom. The molecule has 1 aromatic heterocycles. The summed E-state index contributed by atoms with van der Waals surface area (Å²) >= 11 is 0. The van der Waals surface area contributed by atoms with E-state index in [0.717, 1.165) is 57.4 Å². The number of hydrogen-bond donors (Lipinski definition) is 0. The van der Waals surface area contributed by atoms with E-state index in [1.54, 1.807) is 0 Å². The van der Waals surface area contributed by atoms with Crippen molar-refractivity contribution in [2.24, 2.45) is 0 Å². The van der Waals surface area contributed by atoms with Crippen molar-refractivity contribution in [3.8, 4) is 0 Å². The number of Topliss-reactive ketones (excluding diaryl/α,β-unsaturated/α-hetero) is 1. The first-order valence-corrected chi connectivity index (χ1v) is 11.2. The van der Waals surface area contributed by atoms with Crippen LogP contribution < -0.4 is 0 Å². The quantitative estimate of drug-likeness (QED) is 0.338. The molecule has 3 heteroatoms. The van der Waals surface area contributed by atoms with Gasteiger partial charge in [-0.05, 0) is 74.5 Å². The Morgan fingerprint density at radius 1 is 1.07 bits per heavy atom. The normalized spacial score (nSPS) is 13.3. The minimum atomic E-state index is 0.300. The molecule has 0 atom stereocenters. The molecule has 2 aromatic carbocycles. The lowest BCUT2D eigenvalue weighted by Crippen LogP contribution is -2.27. The van der Waals surface area contributed by atoms with Gasteiger partial charge in [-0.15, -0.1) is 0 Å². The van der Waals surface area contributed by atoms with Gasteiger partial charge in [0.25, 0.3) is 0 Å². The molecule has 152 valence electrons. The summed E-state index contributed by atoms with van der Waals surface area (Å²) in [6.07, 6.45) is 8.22. The number of aromatic nitrogens is 1. The van der Waals surface area contributed by atoms with Crippen LogP contribution in [0.5, 0.6) is 0 Å². The molecule has 0 saturated heterocycles. The van der Waals surface area contributed by atoms with Gasteiger partial charge in [0.1, 0.15) is 0 Å². The first kappa shape index (κ1) is 19.9. The van der Waals surface area contributed by atoms with Gasteiger partial charge in [-0.25, -0.2) is 0 Å². The lowest BCUT2D eigenvalue weighted by molar-refractivity contribution is 0.0978. The molecule has 1 aliphatic rings. The summed E-state index contributed by atoms with van der Waals surface area (Å²) in [7, 11) is 0. The largest absolute Gasteiger partial charge is 0.347 e. The van der Waals surface area contributed by atoms with Crippen LogP contribution in [0.25, 0.3) is 10.9 Å². The Balaban J connectivity index is 1.26. The predicted molar refractivity (Wildman–Crippen MR) is 121 cm³/mol. The topological polar surface area (TPSA) is 25.2 Å². The second-order valence-electron chi connectivity index (χ2n) is 8.24. The summed E-state index contributed by atoms with van der Waals surface area (Å²) < 4.78 is 2.33. The molecule has 3 aromatic rings. The number of ketones is 1. The van der Waals surface area contributed by atoms with E-state index in [0.29, 0.717) is 12.2 Å². The Kier molecular flexibility index (Phi) is 6.46. The lowest BCUT2D eigenvalue weighted by Gasteiger charge is -2.20. The number of aryl methyl sites for hydroxylation is 2. The number of benzene rings is 2. The molecule has 0 fully saturated rings. The summed E-state index contributed by atoms with van der Waals surface area (Å²) in [5.74, 6) is 0.300. The van der Waals surface area contributed by atoms with E-state index < -0.39 is 0 Å². The lowest BCUT2D eigenvalue weighted by atomic mass is 9.97. The average molecular weight is 389 g/mol. The first-order chi connectivity index (χ1) is 14.2. The molecule has 0 unspecified atom stereocenters. The third kappa shape index (κ3) is 4.79. The number of carbonyl (C=O) groups is 1. The van der Waals surface area contributed by atoms with E-state index in [4.69, 9.17) is 0 Å². The van der Waals surface area contributed by atoms with Crippen LogP contribution in [-0.2, 0) is 19.4 Å². The third-order valence-corrected chi connectivity index (χ3v) is 6.24. The maximum absolute atomic E-state index is 12.8. The number of carbonyl (C=O) groups excluding carboxylic acids is 1. The number of likely N-dealkylation sites (N-methyl/N-ethyl adjacent to an activating group) is 1. The highest BCUT2D eigenvalue weighted by atomic mass is 16.1. The summed E-state index contributed by atoms with van der Waals surface area (Å²) in [5.41, 5.74) is 4.99. The number of rotatable bonds is 10. The maximum Gasteiger partial charge on any atom is 0.162 e. The predicted octanol–water partition coefficient (Wildman–Crippen LogP) is 5.51. The summed E-state index contributed by atoms with van der Waals surface area (Å²) in [5, 5.41) is 1.23. The molecule has 0 bridgehead atoms. The van der Waals surface area contributed by atoms with Crippen LogP contribution in [-0.4, -0.2) is 34.9 Å². The Hall–Kier alpha value is -2.39. The van der Waals surface area contributed by atoms with E-state index in [9.17, 15) is 4.79 Å². The summed E-state index contributed by atoms with van der Waals surface area (Å²) in [4.78, 5) is 15.3. The van der Waals surface area contributed by atoms with Crippen LogP contribution in [0, 0.1) is 0 Å². The highest BCUT2D eigenvalue weighted by Crippen LogP contribution is 2.28. The second kappa shape index (κ2) is 9.41. The molecule has 3 nitrogen and oxygen atoms in total. The van der Waals surface area contributed by atoms with Crippen LogP contribution in [0.15, 0.2) is 54.7 Å². The smallest absolute Gasteiger partial charge is 0.162 e. The van der Waals surface area contributed by atoms with E-state index in [1.807, 2.05) is 0 Å². The minimum absolute atomic E-state index is 0.300. The van der Waals surface area contributed by atoms with E-state index in [-0.39, 0.29) is 0 Å². The SMILES string of the molecule is CCN(CCCCC(=O)c1cc2c3c(ccn3CCC2)c1)CCc1ccccc1. The minimum Gasteiger partial charge on any atom is -0.347 e. The fourth-order valence-electron chi connectivity index (χ4n) is 4.54. The molecule has 1 aliphatic heterocycles. The zero-order valence-electron chi connectivity index (χ0n) is 17.6. The van der Waals surface area contributed by atoms with Gasteiger partial charge in [0.05, 0.1) is 5.52 Å². The van der Waals surface area contributed by atoms with Crippen molar-refractivity contribution in [1.29, 1.82) is 0 Å². The van der Waals surface area contributed by atoms with Crippen LogP contribution >= 0.6 is 0 Å². The van der Waals surface area contributed by atoms with Crippen molar-refractivity contribution < 1.29 is 4.79 Å². The van der Waals surface area contributed by atoms with Crippen LogP contribution in [0.4, 0.5) is 0 Å². The maximum atomic E-state index is 12.8. The summed E-state index contributed by atoms with van der Waals surface area (Å²) in [6.45, 7) is 6.55. The fourth-order valence-corrected chi connectivity index (χ4v) is 4.54. The van der Waals surface area contributed by atoms with Crippen molar-refractivity contribution in [3.05, 3.63) is 71.4 Å². The molecule has 0 N–H and O–H groups in total. The fraction of sp³-hybridized carbons (Fsp3) is 0.423. The van der Waals surface area contributed by atoms with Gasteiger partial charge in [0, 0.05) is 36.7 Å². The van der Waals surface area contributed by atoms with Crippen molar-refractivity contribution in [2.45, 2.75) is 52.0 Å². The molecule has 29 heavy (non-hydrogen) atoms. The Bertz CT molecular complexity index is 958. The standard InChI is InChI=1S/C26H32N2O/c1-2-27(17-13-21-9-4-3-5-10-21)15-7-6-12-25(29)24-19-22-11-8-16-28-18-14-23(20-24)26(22)28/h3-5,9-10,14,18-20H,2,6-8,11-13,15-17H2,1H3. The van der Waals surface area contributed by atoms with E-state index >= 15 is 0 Å². The van der Waals surface area contributed by atoms with E-state index in [1.165, 1.54) is 28.5 Å². The van der Waals surface area contributed by atoms with Gasteiger partial charge in [-0.1, -0.05) is 37.3 Å². The van der Waals surface area contributed by atoms with Crippen LogP contribution in [0.2, 0.25) is 0 Å². The van der Waals surface area contributed by atoms with E-state index in [2.05, 4.69) is 71.1 Å². The molecular weight excluding hydrogens is 356 g/mol.